The van der Waals surface area contributed by atoms with Crippen LogP contribution in [-0.2, 0) is 11.2 Å². The highest BCUT2D eigenvalue weighted by Crippen LogP contribution is 2.28. The van der Waals surface area contributed by atoms with Crippen LogP contribution in [0.1, 0.15) is 12.5 Å². The van der Waals surface area contributed by atoms with Crippen LogP contribution in [0.3, 0.4) is 0 Å². The van der Waals surface area contributed by atoms with Gasteiger partial charge in [-0.25, -0.2) is 4.98 Å². The molecule has 1 aromatic heterocycles. The van der Waals surface area contributed by atoms with Crippen molar-refractivity contribution in [2.24, 2.45) is 0 Å². The lowest BCUT2D eigenvalue weighted by Crippen LogP contribution is -2.10. The molecule has 0 aliphatic heterocycles. The van der Waals surface area contributed by atoms with E-state index in [2.05, 4.69) is 15.3 Å². The van der Waals surface area contributed by atoms with Gasteiger partial charge in [0.25, 0.3) is 0 Å². The summed E-state index contributed by atoms with van der Waals surface area (Å²) in [5.41, 5.74) is 3.77. The van der Waals surface area contributed by atoms with Gasteiger partial charge in [-0.2, -0.15) is 0 Å². The zero-order chi connectivity index (χ0) is 16.8. The molecule has 0 aliphatic carbocycles. The van der Waals surface area contributed by atoms with Crippen molar-refractivity contribution in [1.29, 1.82) is 0 Å². The maximum absolute atomic E-state index is 11.3. The fraction of sp³-hybridized carbons (Fsp3) is 0.158. The Morgan fingerprint density at radius 3 is 2.75 bits per heavy atom. The number of ether oxygens (including phenoxy) is 1. The van der Waals surface area contributed by atoms with Gasteiger partial charge in [0.05, 0.1) is 24.8 Å². The van der Waals surface area contributed by atoms with Crippen LogP contribution >= 0.6 is 0 Å². The van der Waals surface area contributed by atoms with Crippen molar-refractivity contribution in [2.75, 3.05) is 11.9 Å². The van der Waals surface area contributed by atoms with Crippen molar-refractivity contribution < 1.29 is 9.53 Å². The molecule has 1 amide bonds. The number of aromatic nitrogens is 2. The molecule has 24 heavy (non-hydrogen) atoms. The summed E-state index contributed by atoms with van der Waals surface area (Å²) in [5, 5.41) is 2.85. The normalized spacial score (nSPS) is 10.4. The Morgan fingerprint density at radius 2 is 1.96 bits per heavy atom. The van der Waals surface area contributed by atoms with Crippen LogP contribution in [0.4, 0.5) is 5.69 Å². The Morgan fingerprint density at radius 1 is 1.17 bits per heavy atom. The van der Waals surface area contributed by atoms with Gasteiger partial charge >= 0.3 is 0 Å². The highest BCUT2D eigenvalue weighted by atomic mass is 16.5. The minimum absolute atomic E-state index is 0.0760. The van der Waals surface area contributed by atoms with Crippen molar-refractivity contribution in [1.82, 2.24) is 9.97 Å². The van der Waals surface area contributed by atoms with E-state index in [9.17, 15) is 4.79 Å². The van der Waals surface area contributed by atoms with Crippen LogP contribution in [0.25, 0.3) is 11.3 Å². The molecule has 0 unspecified atom stereocenters. The van der Waals surface area contributed by atoms with E-state index in [1.54, 1.807) is 12.5 Å². The number of hydrogen-bond acceptors (Lipinski definition) is 3. The lowest BCUT2D eigenvalue weighted by molar-refractivity contribution is -0.114. The minimum Gasteiger partial charge on any atom is -0.493 e. The van der Waals surface area contributed by atoms with E-state index >= 15 is 0 Å². The monoisotopic (exact) mass is 321 g/mol. The molecule has 0 atom stereocenters. The average Bonchev–Trinajstić information content (AvgIpc) is 3.11. The number of hydrogen-bond donors (Lipinski definition) is 2. The lowest BCUT2D eigenvalue weighted by atomic mass is 10.1. The van der Waals surface area contributed by atoms with E-state index in [4.69, 9.17) is 4.74 Å². The number of carbonyl (C=O) groups excluding carboxylic acids is 1. The first-order valence-electron chi connectivity index (χ1n) is 7.80. The Kier molecular flexibility index (Phi) is 4.91. The molecule has 0 aliphatic rings. The second kappa shape index (κ2) is 7.46. The number of H-pyrrole nitrogens is 1. The van der Waals surface area contributed by atoms with Crippen molar-refractivity contribution in [3.05, 3.63) is 66.6 Å². The van der Waals surface area contributed by atoms with Gasteiger partial charge in [-0.1, -0.05) is 30.3 Å². The molecule has 3 aromatic rings. The maximum Gasteiger partial charge on any atom is 0.221 e. The molecule has 0 spiro atoms. The largest absolute Gasteiger partial charge is 0.493 e. The number of para-hydroxylation sites is 2. The highest BCUT2D eigenvalue weighted by molar-refractivity contribution is 5.89. The molecule has 0 bridgehead atoms. The number of anilines is 1. The molecular formula is C19H19N3O2. The number of imidazole rings is 1. The molecule has 1 heterocycles. The third-order valence-electron chi connectivity index (χ3n) is 3.63. The molecule has 0 fully saturated rings. The number of amides is 1. The molecule has 2 N–H and O–H groups in total. The predicted octanol–water partition coefficient (Wildman–Crippen LogP) is 3.66. The summed E-state index contributed by atoms with van der Waals surface area (Å²) >= 11 is 0. The molecular weight excluding hydrogens is 302 g/mol. The second-order valence-corrected chi connectivity index (χ2v) is 5.40. The molecule has 3 rings (SSSR count). The minimum atomic E-state index is -0.0760. The van der Waals surface area contributed by atoms with E-state index in [1.807, 2.05) is 48.5 Å². The SMILES string of the molecule is CC(=O)Nc1ccccc1CCOc1ccccc1-c1cnc[nH]1. The summed E-state index contributed by atoms with van der Waals surface area (Å²) in [7, 11) is 0. The zero-order valence-electron chi connectivity index (χ0n) is 13.5. The van der Waals surface area contributed by atoms with Gasteiger partial charge in [0.2, 0.25) is 5.91 Å². The second-order valence-electron chi connectivity index (χ2n) is 5.40. The van der Waals surface area contributed by atoms with Crippen molar-refractivity contribution in [3.8, 4) is 17.0 Å². The van der Waals surface area contributed by atoms with Crippen LogP contribution < -0.4 is 10.1 Å². The van der Waals surface area contributed by atoms with Gasteiger partial charge in [-0.3, -0.25) is 4.79 Å². The third kappa shape index (κ3) is 3.81. The van der Waals surface area contributed by atoms with Crippen LogP contribution in [-0.4, -0.2) is 22.5 Å². The number of rotatable bonds is 6. The van der Waals surface area contributed by atoms with Crippen LogP contribution in [0, 0.1) is 0 Å². The predicted molar refractivity (Wildman–Crippen MR) is 94.0 cm³/mol. The lowest BCUT2D eigenvalue weighted by Gasteiger charge is -2.12. The van der Waals surface area contributed by atoms with Gasteiger partial charge in [0, 0.05) is 24.6 Å². The molecule has 0 saturated carbocycles. The summed E-state index contributed by atoms with van der Waals surface area (Å²) < 4.78 is 5.96. The van der Waals surface area contributed by atoms with Crippen molar-refractivity contribution in [3.63, 3.8) is 0 Å². The zero-order valence-corrected chi connectivity index (χ0v) is 13.5. The Bertz CT molecular complexity index is 813. The maximum atomic E-state index is 11.3. The van der Waals surface area contributed by atoms with E-state index < -0.39 is 0 Å². The fourth-order valence-electron chi connectivity index (χ4n) is 2.54. The van der Waals surface area contributed by atoms with Crippen molar-refractivity contribution >= 4 is 11.6 Å². The van der Waals surface area contributed by atoms with Crippen LogP contribution in [0.5, 0.6) is 5.75 Å². The first-order chi connectivity index (χ1) is 11.7. The summed E-state index contributed by atoms with van der Waals surface area (Å²) in [6, 6.07) is 15.6. The van der Waals surface area contributed by atoms with Gasteiger partial charge in [0.15, 0.2) is 0 Å². The van der Waals surface area contributed by atoms with E-state index in [1.165, 1.54) is 6.92 Å². The molecule has 0 saturated heterocycles. The number of nitrogens with zero attached hydrogens (tertiary/aromatic N) is 1. The summed E-state index contributed by atoms with van der Waals surface area (Å²) in [5.74, 6) is 0.728. The topological polar surface area (TPSA) is 67.0 Å². The standard InChI is InChI=1S/C19H19N3O2/c1-14(23)22-17-8-4-2-6-15(17)10-11-24-19-9-5-3-7-16(19)18-12-20-13-21-18/h2-9,12-13H,10-11H2,1H3,(H,20,21)(H,22,23). The smallest absolute Gasteiger partial charge is 0.221 e. The number of benzene rings is 2. The molecule has 0 radical (unpaired) electrons. The number of nitrogens with one attached hydrogen (secondary N) is 2. The Balaban J connectivity index is 1.69. The van der Waals surface area contributed by atoms with Crippen molar-refractivity contribution in [2.45, 2.75) is 13.3 Å². The third-order valence-corrected chi connectivity index (χ3v) is 3.63. The van der Waals surface area contributed by atoms with E-state index in [0.29, 0.717) is 13.0 Å². The summed E-state index contributed by atoms with van der Waals surface area (Å²) in [6.07, 6.45) is 4.12. The molecule has 2 aromatic carbocycles. The first kappa shape index (κ1) is 15.8. The number of aromatic amines is 1. The fourth-order valence-corrected chi connectivity index (χ4v) is 2.54. The van der Waals surface area contributed by atoms with Gasteiger partial charge in [0.1, 0.15) is 5.75 Å². The van der Waals surface area contributed by atoms with E-state index in [-0.39, 0.29) is 5.91 Å². The first-order valence-corrected chi connectivity index (χ1v) is 7.80. The quantitative estimate of drug-likeness (QED) is 0.728. The summed E-state index contributed by atoms with van der Waals surface area (Å²) in [6.45, 7) is 2.02. The molecule has 5 nitrogen and oxygen atoms in total. The van der Waals surface area contributed by atoms with Gasteiger partial charge in [-0.15, -0.1) is 0 Å². The Labute approximate surface area is 140 Å². The van der Waals surface area contributed by atoms with Crippen LogP contribution in [0.2, 0.25) is 0 Å². The van der Waals surface area contributed by atoms with Gasteiger partial charge < -0.3 is 15.0 Å². The molecule has 5 heteroatoms. The van der Waals surface area contributed by atoms with Gasteiger partial charge in [-0.05, 0) is 23.8 Å². The average molecular weight is 321 g/mol. The summed E-state index contributed by atoms with van der Waals surface area (Å²) in [4.78, 5) is 18.4. The Hall–Kier alpha value is -3.08. The van der Waals surface area contributed by atoms with E-state index in [0.717, 1.165) is 28.3 Å². The highest BCUT2D eigenvalue weighted by Gasteiger charge is 2.08. The molecule has 122 valence electrons. The number of carbonyl (C=O) groups is 1. The van der Waals surface area contributed by atoms with Crippen LogP contribution in [0.15, 0.2) is 61.1 Å².